The molecule has 0 aromatic rings. The van der Waals surface area contributed by atoms with Gasteiger partial charge in [-0.1, -0.05) is 46.0 Å². The maximum atomic E-state index is 7.56. The predicted octanol–water partition coefficient (Wildman–Crippen LogP) is 1.35. The van der Waals surface area contributed by atoms with Crippen LogP contribution in [0.3, 0.4) is 0 Å². The summed E-state index contributed by atoms with van der Waals surface area (Å²) in [7, 11) is 0. The number of hydrogen-bond donors (Lipinski definition) is 6. The van der Waals surface area contributed by atoms with Gasteiger partial charge in [-0.05, 0) is 23.6 Å². The molecule has 10 heteroatoms. The van der Waals surface area contributed by atoms with Crippen LogP contribution in [-0.2, 0) is 23.6 Å². The summed E-state index contributed by atoms with van der Waals surface area (Å²) < 4.78 is 0. The van der Waals surface area contributed by atoms with Gasteiger partial charge in [0.05, 0.1) is 0 Å². The molecule has 0 amide bonds. The van der Waals surface area contributed by atoms with Crippen molar-refractivity contribution in [3.05, 3.63) is 0 Å². The monoisotopic (exact) mass is 328 g/mol. The first-order chi connectivity index (χ1) is 7.41. The molecule has 17 heavy (non-hydrogen) atoms. The predicted molar refractivity (Wildman–Crippen MR) is 76.3 cm³/mol. The number of rotatable bonds is 4. The van der Waals surface area contributed by atoms with Crippen LogP contribution in [0.1, 0.15) is 46.0 Å². The van der Waals surface area contributed by atoms with Crippen molar-refractivity contribution in [3.8, 4) is 0 Å². The normalized spacial score (nSPS) is 10.8. The van der Waals surface area contributed by atoms with Crippen molar-refractivity contribution >= 4 is 37.1 Å². The van der Waals surface area contributed by atoms with Crippen molar-refractivity contribution in [2.24, 2.45) is 0 Å². The molecule has 6 nitrogen and oxygen atoms in total. The molecule has 0 unspecified atom stereocenters. The molecule has 6 N–H and O–H groups in total. The van der Waals surface area contributed by atoms with Crippen LogP contribution in [0.5, 0.6) is 0 Å². The summed E-state index contributed by atoms with van der Waals surface area (Å²) in [5.74, 6) is 0. The van der Waals surface area contributed by atoms with Gasteiger partial charge in [0.1, 0.15) is 0 Å². The summed E-state index contributed by atoms with van der Waals surface area (Å²) in [6.45, 7) is -3.12. The number of hydrogen-bond acceptors (Lipinski definition) is 2. The van der Waals surface area contributed by atoms with E-state index in [1.165, 1.54) is 32.1 Å². The van der Waals surface area contributed by atoms with Crippen molar-refractivity contribution in [2.45, 2.75) is 46.0 Å². The van der Waals surface area contributed by atoms with E-state index in [0.717, 1.165) is 0 Å². The van der Waals surface area contributed by atoms with Crippen molar-refractivity contribution < 1.29 is 29.4 Å². The molecule has 0 rings (SSSR count). The van der Waals surface area contributed by atoms with Gasteiger partial charge in [0, 0.05) is 0 Å². The van der Waals surface area contributed by atoms with E-state index in [2.05, 4.69) is 37.5 Å². The molecule has 108 valence electrons. The average Bonchev–Trinajstić information content (AvgIpc) is 1.99. The van der Waals surface area contributed by atoms with Crippen molar-refractivity contribution in [3.63, 3.8) is 0 Å². The Kier molecular flexibility index (Phi) is 18.4. The van der Waals surface area contributed by atoms with Gasteiger partial charge >= 0.3 is 13.4 Å². The van der Waals surface area contributed by atoms with Gasteiger partial charge in [-0.3, -0.25) is 0 Å². The second-order valence-electron chi connectivity index (χ2n) is 3.09. The molecule has 0 heterocycles. The van der Waals surface area contributed by atoms with Gasteiger partial charge in [-0.25, -0.2) is 0 Å². The summed E-state index contributed by atoms with van der Waals surface area (Å²) in [5.41, 5.74) is 0. The third-order valence-corrected chi connectivity index (χ3v) is 1.21. The van der Waals surface area contributed by atoms with E-state index in [1.54, 1.807) is 0 Å². The maximum absolute atomic E-state index is 7.56. The lowest BCUT2D eigenvalue weighted by Gasteiger charge is -1.90. The highest BCUT2D eigenvalue weighted by atomic mass is 32.5. The van der Waals surface area contributed by atoms with E-state index in [0.29, 0.717) is 0 Å². The molecule has 0 bridgehead atoms. The second kappa shape index (κ2) is 13.5. The Balaban J connectivity index is -0.000000177. The van der Waals surface area contributed by atoms with Crippen molar-refractivity contribution in [2.75, 3.05) is 0 Å². The zero-order valence-corrected chi connectivity index (χ0v) is 13.4. The topological polar surface area (TPSA) is 121 Å². The molecule has 0 atom stereocenters. The largest absolute Gasteiger partial charge is 0.325 e. The molecule has 0 aliphatic heterocycles. The van der Waals surface area contributed by atoms with Crippen LogP contribution in [-0.4, -0.2) is 29.4 Å². The Labute approximate surface area is 112 Å². The Morgan fingerprint density at radius 2 is 0.824 bits per heavy atom. The molecule has 0 fully saturated rings. The minimum Gasteiger partial charge on any atom is -0.325 e. The van der Waals surface area contributed by atoms with Crippen LogP contribution < -0.4 is 0 Å². The fraction of sp³-hybridized carbons (Fsp3) is 1.00. The van der Waals surface area contributed by atoms with Gasteiger partial charge in [0.25, 0.3) is 0 Å². The molecule has 0 radical (unpaired) electrons. The third kappa shape index (κ3) is 151. The molecule has 0 spiro atoms. The average molecular weight is 328 g/mol. The Morgan fingerprint density at radius 3 is 0.941 bits per heavy atom. The molecule has 0 aromatic heterocycles. The first kappa shape index (κ1) is 23.2. The summed E-state index contributed by atoms with van der Waals surface area (Å²) >= 11 is 7.21. The van der Waals surface area contributed by atoms with Crippen molar-refractivity contribution in [1.29, 1.82) is 0 Å². The minimum absolute atomic E-state index is 1.36. The van der Waals surface area contributed by atoms with Crippen molar-refractivity contribution in [1.82, 2.24) is 0 Å². The van der Waals surface area contributed by atoms with Crippen LogP contribution in [0.15, 0.2) is 0 Å². The van der Waals surface area contributed by atoms with Gasteiger partial charge < -0.3 is 29.4 Å². The lowest BCUT2D eigenvalue weighted by molar-refractivity contribution is 0.361. The smallest absolute Gasteiger partial charge is 0.319 e. The first-order valence-corrected chi connectivity index (χ1v) is 10.3. The molecular formula is C7H22O6P2S2. The molecule has 0 saturated carbocycles. The highest BCUT2D eigenvalue weighted by Crippen LogP contribution is 2.26. The molecular weight excluding hydrogens is 306 g/mol. The lowest BCUT2D eigenvalue weighted by Crippen LogP contribution is -1.70. The van der Waals surface area contributed by atoms with E-state index in [9.17, 15) is 0 Å². The van der Waals surface area contributed by atoms with E-state index >= 15 is 0 Å². The van der Waals surface area contributed by atoms with E-state index in [-0.39, 0.29) is 0 Å². The van der Waals surface area contributed by atoms with Gasteiger partial charge in [0.2, 0.25) is 0 Å². The second-order valence-corrected chi connectivity index (χ2v) is 8.08. The number of unbranched alkanes of at least 4 members (excludes halogenated alkanes) is 4. The van der Waals surface area contributed by atoms with Crippen LogP contribution in [0.4, 0.5) is 0 Å². The lowest BCUT2D eigenvalue weighted by atomic mass is 10.2. The standard InChI is InChI=1S/C7H16.2H3O3PS/c1-3-5-7-6-4-2;2*1-4(2,3)5/h3-7H2,1-2H3;2*(H3,1,2,3,5). The fourth-order valence-corrected chi connectivity index (χ4v) is 0.677. The van der Waals surface area contributed by atoms with Crippen LogP contribution in [0.25, 0.3) is 0 Å². The third-order valence-electron chi connectivity index (χ3n) is 1.21. The van der Waals surface area contributed by atoms with E-state index < -0.39 is 13.4 Å². The highest BCUT2D eigenvalue weighted by Gasteiger charge is 1.92. The minimum atomic E-state index is -3.81. The van der Waals surface area contributed by atoms with Gasteiger partial charge in [-0.2, -0.15) is 0 Å². The van der Waals surface area contributed by atoms with Gasteiger partial charge in [-0.15, -0.1) is 0 Å². The summed E-state index contributed by atoms with van der Waals surface area (Å²) in [4.78, 5) is 45.3. The SMILES string of the molecule is CCCCCCC.OP(O)(O)=S.OP(O)(O)=S. The maximum Gasteiger partial charge on any atom is 0.319 e. The summed E-state index contributed by atoms with van der Waals surface area (Å²) in [5, 5.41) is 0. The summed E-state index contributed by atoms with van der Waals surface area (Å²) in [6, 6.07) is 0. The Bertz CT molecular complexity index is 198. The van der Waals surface area contributed by atoms with Crippen LogP contribution in [0, 0.1) is 0 Å². The van der Waals surface area contributed by atoms with Gasteiger partial charge in [0.15, 0.2) is 0 Å². The molecule has 0 saturated heterocycles. The zero-order chi connectivity index (χ0) is 14.5. The first-order valence-electron chi connectivity index (χ1n) is 4.98. The highest BCUT2D eigenvalue weighted by molar-refractivity contribution is 8.06. The Morgan fingerprint density at radius 1 is 0.647 bits per heavy atom. The molecule has 0 aromatic carbocycles. The summed E-state index contributed by atoms with van der Waals surface area (Å²) in [6.07, 6.45) is 7.01. The Hall–Kier alpha value is 1.06. The van der Waals surface area contributed by atoms with Crippen LogP contribution in [0.2, 0.25) is 0 Å². The van der Waals surface area contributed by atoms with Crippen LogP contribution >= 0.6 is 13.4 Å². The van der Waals surface area contributed by atoms with E-state index in [4.69, 9.17) is 29.4 Å². The molecule has 0 aliphatic carbocycles. The molecule has 0 aliphatic rings. The fourth-order valence-electron chi connectivity index (χ4n) is 0.677. The van der Waals surface area contributed by atoms with E-state index in [1.807, 2.05) is 0 Å². The zero-order valence-electron chi connectivity index (χ0n) is 9.93. The quantitative estimate of drug-likeness (QED) is 0.338.